The van der Waals surface area contributed by atoms with Crippen LogP contribution in [-0.4, -0.2) is 50.5 Å². The molecular formula is C24H31Cl2N3O4S. The van der Waals surface area contributed by atoms with Gasteiger partial charge in [-0.05, 0) is 43.5 Å². The fraction of sp³-hybridized carbons (Fsp3) is 0.417. The molecule has 34 heavy (non-hydrogen) atoms. The number of amides is 2. The molecule has 0 bridgehead atoms. The van der Waals surface area contributed by atoms with Crippen molar-refractivity contribution in [1.29, 1.82) is 0 Å². The Balaban J connectivity index is 2.51. The second kappa shape index (κ2) is 11.9. The number of sulfonamides is 1. The number of rotatable bonds is 10. The predicted molar refractivity (Wildman–Crippen MR) is 138 cm³/mol. The van der Waals surface area contributed by atoms with Gasteiger partial charge in [0.05, 0.1) is 11.9 Å². The fourth-order valence-electron chi connectivity index (χ4n) is 3.56. The molecule has 0 aliphatic heterocycles. The van der Waals surface area contributed by atoms with Crippen molar-refractivity contribution in [3.8, 4) is 0 Å². The number of para-hydroxylation sites is 1. The Morgan fingerprint density at radius 3 is 2.12 bits per heavy atom. The lowest BCUT2D eigenvalue weighted by atomic mass is 10.0. The van der Waals surface area contributed by atoms with Crippen molar-refractivity contribution in [1.82, 2.24) is 10.2 Å². The lowest BCUT2D eigenvalue weighted by Crippen LogP contribution is -2.51. The van der Waals surface area contributed by atoms with Gasteiger partial charge in [0.25, 0.3) is 0 Å². The molecule has 2 rings (SSSR count). The van der Waals surface area contributed by atoms with Crippen molar-refractivity contribution < 1.29 is 18.0 Å². The fourth-order valence-corrected chi connectivity index (χ4v) is 4.94. The normalized spacial score (nSPS) is 12.4. The molecule has 0 aliphatic rings. The number of nitrogens with one attached hydrogen (secondary N) is 1. The molecule has 0 aromatic heterocycles. The number of anilines is 1. The number of carbonyl (C=O) groups excluding carboxylic acids is 2. The summed E-state index contributed by atoms with van der Waals surface area (Å²) >= 11 is 12.6. The quantitative estimate of drug-likeness (QED) is 0.494. The molecule has 186 valence electrons. The van der Waals surface area contributed by atoms with Crippen LogP contribution in [0.3, 0.4) is 0 Å². The Kier molecular flexibility index (Phi) is 9.79. The number of carbonyl (C=O) groups is 2. The van der Waals surface area contributed by atoms with Gasteiger partial charge < -0.3 is 10.2 Å². The van der Waals surface area contributed by atoms with Gasteiger partial charge in [0.2, 0.25) is 21.8 Å². The van der Waals surface area contributed by atoms with Gasteiger partial charge in [0, 0.05) is 28.7 Å². The van der Waals surface area contributed by atoms with E-state index in [9.17, 15) is 18.0 Å². The number of halogens is 2. The maximum Gasteiger partial charge on any atom is 0.244 e. The molecule has 0 fully saturated rings. The minimum atomic E-state index is -3.81. The highest BCUT2D eigenvalue weighted by atomic mass is 35.5. The maximum atomic E-state index is 13.6. The maximum absolute atomic E-state index is 13.6. The van der Waals surface area contributed by atoms with E-state index in [1.54, 1.807) is 44.2 Å². The first kappa shape index (κ1) is 28.0. The number of benzene rings is 2. The highest BCUT2D eigenvalue weighted by Gasteiger charge is 2.31. The molecule has 2 aromatic rings. The summed E-state index contributed by atoms with van der Waals surface area (Å²) in [5.74, 6) is -0.894. The Labute approximate surface area is 212 Å². The van der Waals surface area contributed by atoms with Crippen LogP contribution in [0.2, 0.25) is 10.0 Å². The average Bonchev–Trinajstić information content (AvgIpc) is 2.76. The van der Waals surface area contributed by atoms with E-state index in [2.05, 4.69) is 5.32 Å². The second-order valence-electron chi connectivity index (χ2n) is 8.28. The van der Waals surface area contributed by atoms with Crippen LogP contribution in [0.5, 0.6) is 0 Å². The summed E-state index contributed by atoms with van der Waals surface area (Å²) in [6.07, 6.45) is 1.06. The summed E-state index contributed by atoms with van der Waals surface area (Å²) < 4.78 is 26.6. The van der Waals surface area contributed by atoms with Crippen molar-refractivity contribution in [2.75, 3.05) is 23.7 Å². The number of hydrogen-bond acceptors (Lipinski definition) is 4. The molecule has 0 saturated carbocycles. The molecule has 1 N–H and O–H groups in total. The van der Waals surface area contributed by atoms with Crippen LogP contribution in [0.15, 0.2) is 42.5 Å². The third kappa shape index (κ3) is 6.87. The summed E-state index contributed by atoms with van der Waals surface area (Å²) in [5.41, 5.74) is 1.69. The van der Waals surface area contributed by atoms with Gasteiger partial charge in [-0.3, -0.25) is 13.9 Å². The highest BCUT2D eigenvalue weighted by molar-refractivity contribution is 7.92. The van der Waals surface area contributed by atoms with E-state index < -0.39 is 28.5 Å². The van der Waals surface area contributed by atoms with Gasteiger partial charge in [-0.2, -0.15) is 0 Å². The molecule has 2 amide bonds. The van der Waals surface area contributed by atoms with Crippen LogP contribution >= 0.6 is 23.2 Å². The van der Waals surface area contributed by atoms with Gasteiger partial charge in [-0.25, -0.2) is 8.42 Å². The average molecular weight is 529 g/mol. The third-order valence-corrected chi connectivity index (χ3v) is 7.25. The smallest absolute Gasteiger partial charge is 0.244 e. The molecule has 7 nitrogen and oxygen atoms in total. The van der Waals surface area contributed by atoms with E-state index in [0.717, 1.165) is 16.1 Å². The first-order valence-corrected chi connectivity index (χ1v) is 13.6. The van der Waals surface area contributed by atoms with Gasteiger partial charge in [-0.15, -0.1) is 0 Å². The van der Waals surface area contributed by atoms with Crippen LogP contribution < -0.4 is 9.62 Å². The zero-order chi connectivity index (χ0) is 25.6. The van der Waals surface area contributed by atoms with Gasteiger partial charge in [0.15, 0.2) is 0 Å². The summed E-state index contributed by atoms with van der Waals surface area (Å²) in [5, 5.41) is 3.40. The monoisotopic (exact) mass is 527 g/mol. The Hall–Kier alpha value is -2.29. The van der Waals surface area contributed by atoms with E-state index in [0.29, 0.717) is 27.8 Å². The first-order chi connectivity index (χ1) is 15.9. The van der Waals surface area contributed by atoms with E-state index in [1.807, 2.05) is 26.0 Å². The van der Waals surface area contributed by atoms with Crippen molar-refractivity contribution in [3.63, 3.8) is 0 Å². The summed E-state index contributed by atoms with van der Waals surface area (Å²) in [6.45, 7) is 7.10. The Bertz CT molecular complexity index is 1120. The molecule has 0 radical (unpaired) electrons. The molecule has 1 unspecified atom stereocenters. The lowest BCUT2D eigenvalue weighted by Gasteiger charge is -2.32. The molecule has 0 saturated heterocycles. The van der Waals surface area contributed by atoms with Crippen LogP contribution in [0, 0.1) is 0 Å². The molecule has 0 spiro atoms. The molecule has 1 atom stereocenters. The summed E-state index contributed by atoms with van der Waals surface area (Å²) in [6, 6.07) is 11.1. The zero-order valence-electron chi connectivity index (χ0n) is 20.0. The summed E-state index contributed by atoms with van der Waals surface area (Å²) in [4.78, 5) is 27.5. The standard InChI is InChI=1S/C24H31Cl2N3O4S/c1-6-27-24(31)17(4)28(14-19-20(25)11-9-12-21(19)26)23(30)15-29(34(5,32)33)22-13-8-7-10-18(22)16(2)3/h7-13,16-17H,6,14-15H2,1-5H3,(H,27,31). The van der Waals surface area contributed by atoms with Crippen LogP contribution in [0.1, 0.15) is 44.7 Å². The van der Waals surface area contributed by atoms with Gasteiger partial charge >= 0.3 is 0 Å². The van der Waals surface area contributed by atoms with Crippen LogP contribution in [-0.2, 0) is 26.2 Å². The topological polar surface area (TPSA) is 86.8 Å². The van der Waals surface area contributed by atoms with E-state index in [4.69, 9.17) is 23.2 Å². The second-order valence-corrected chi connectivity index (χ2v) is 11.0. The highest BCUT2D eigenvalue weighted by Crippen LogP contribution is 2.30. The largest absolute Gasteiger partial charge is 0.355 e. The lowest BCUT2D eigenvalue weighted by molar-refractivity contribution is -0.139. The van der Waals surface area contributed by atoms with Crippen molar-refractivity contribution in [2.24, 2.45) is 0 Å². The minimum absolute atomic E-state index is 0.0304. The van der Waals surface area contributed by atoms with E-state index in [-0.39, 0.29) is 18.4 Å². The third-order valence-electron chi connectivity index (χ3n) is 5.42. The molecular weight excluding hydrogens is 497 g/mol. The van der Waals surface area contributed by atoms with E-state index in [1.165, 1.54) is 4.90 Å². The summed E-state index contributed by atoms with van der Waals surface area (Å²) in [7, 11) is -3.81. The molecule has 0 heterocycles. The van der Waals surface area contributed by atoms with Crippen molar-refractivity contribution in [2.45, 2.75) is 46.2 Å². The number of hydrogen-bond donors (Lipinski definition) is 1. The predicted octanol–water partition coefficient (Wildman–Crippen LogP) is 4.44. The van der Waals surface area contributed by atoms with Gasteiger partial charge in [0.1, 0.15) is 12.6 Å². The molecule has 0 aliphatic carbocycles. The molecule has 2 aromatic carbocycles. The van der Waals surface area contributed by atoms with Crippen LogP contribution in [0.4, 0.5) is 5.69 Å². The minimum Gasteiger partial charge on any atom is -0.355 e. The Morgan fingerprint density at radius 1 is 1.00 bits per heavy atom. The Morgan fingerprint density at radius 2 is 1.59 bits per heavy atom. The van der Waals surface area contributed by atoms with Crippen LogP contribution in [0.25, 0.3) is 0 Å². The SMILES string of the molecule is CCNC(=O)C(C)N(Cc1c(Cl)cccc1Cl)C(=O)CN(c1ccccc1C(C)C)S(C)(=O)=O. The first-order valence-electron chi connectivity index (χ1n) is 10.9. The number of likely N-dealkylation sites (N-methyl/N-ethyl adjacent to an activating group) is 1. The van der Waals surface area contributed by atoms with E-state index >= 15 is 0 Å². The van der Waals surface area contributed by atoms with Crippen molar-refractivity contribution >= 4 is 50.7 Å². The number of nitrogens with zero attached hydrogens (tertiary/aromatic N) is 2. The molecule has 10 heteroatoms. The zero-order valence-corrected chi connectivity index (χ0v) is 22.3. The van der Waals surface area contributed by atoms with Gasteiger partial charge in [-0.1, -0.05) is 61.3 Å². The van der Waals surface area contributed by atoms with Crippen molar-refractivity contribution in [3.05, 3.63) is 63.6 Å².